The molecule has 0 bridgehead atoms. The molecule has 1 fully saturated rings. The standard InChI is InChI=1S/C24H26BN7O2/c25-20-15-28-32-22(27-14-16-2-1-9-26-13-16)12-21(30-23(20)32)17-7-10-31(11-8-17)24(34)29-18-3-5-19(33)6-4-18/h1-6,9,12-13,15,17,27,33H,7-8,10-11,14,25H2,(H,29,34). The first-order valence-corrected chi connectivity index (χ1v) is 11.4. The molecule has 0 unspecified atom stereocenters. The van der Waals surface area contributed by atoms with Crippen LogP contribution in [0.4, 0.5) is 16.3 Å². The molecule has 1 aliphatic heterocycles. The number of rotatable bonds is 5. The van der Waals surface area contributed by atoms with Crippen LogP contribution < -0.4 is 16.1 Å². The van der Waals surface area contributed by atoms with E-state index in [0.29, 0.717) is 25.3 Å². The predicted octanol–water partition coefficient (Wildman–Crippen LogP) is 2.11. The molecule has 2 amide bonds. The van der Waals surface area contributed by atoms with Gasteiger partial charge >= 0.3 is 6.03 Å². The monoisotopic (exact) mass is 455 g/mol. The zero-order valence-electron chi connectivity index (χ0n) is 19.0. The van der Waals surface area contributed by atoms with Crippen molar-refractivity contribution in [3.05, 3.63) is 72.3 Å². The highest BCUT2D eigenvalue weighted by atomic mass is 16.3. The molecule has 0 saturated carbocycles. The Hall–Kier alpha value is -4.08. The SMILES string of the molecule is Bc1cnn2c(NCc3cccnc3)cc(C3CCN(C(=O)Nc4ccc(O)cc4)CC3)nc12. The van der Waals surface area contributed by atoms with Gasteiger partial charge < -0.3 is 20.6 Å². The number of likely N-dealkylation sites (tertiary alicyclic amines) is 1. The smallest absolute Gasteiger partial charge is 0.321 e. The van der Waals surface area contributed by atoms with Gasteiger partial charge in [0.25, 0.3) is 0 Å². The lowest BCUT2D eigenvalue weighted by Crippen LogP contribution is -2.40. The van der Waals surface area contributed by atoms with E-state index in [1.54, 1.807) is 30.5 Å². The predicted molar refractivity (Wildman–Crippen MR) is 133 cm³/mol. The number of nitrogens with one attached hydrogen (secondary N) is 2. The number of pyridine rings is 1. The summed E-state index contributed by atoms with van der Waals surface area (Å²) in [6.45, 7) is 1.94. The number of nitrogens with zero attached hydrogens (tertiary/aromatic N) is 5. The van der Waals surface area contributed by atoms with E-state index in [0.717, 1.165) is 41.0 Å². The van der Waals surface area contributed by atoms with E-state index in [1.165, 1.54) is 0 Å². The van der Waals surface area contributed by atoms with Crippen LogP contribution in [-0.4, -0.2) is 56.6 Å². The highest BCUT2D eigenvalue weighted by Gasteiger charge is 2.26. The summed E-state index contributed by atoms with van der Waals surface area (Å²) in [4.78, 5) is 23.6. The van der Waals surface area contributed by atoms with Gasteiger partial charge in [-0.1, -0.05) is 6.07 Å². The van der Waals surface area contributed by atoms with Gasteiger partial charge in [-0.25, -0.2) is 9.78 Å². The maximum Gasteiger partial charge on any atom is 0.321 e. The molecule has 0 aliphatic carbocycles. The third-order valence-corrected chi connectivity index (χ3v) is 6.18. The Morgan fingerprint density at radius 2 is 1.94 bits per heavy atom. The van der Waals surface area contributed by atoms with Crippen LogP contribution in [0, 0.1) is 0 Å². The Bertz CT molecular complexity index is 1290. The van der Waals surface area contributed by atoms with Crippen LogP contribution in [0.3, 0.4) is 0 Å². The largest absolute Gasteiger partial charge is 0.508 e. The molecule has 0 atom stereocenters. The number of carbonyl (C=O) groups excluding carboxylic acids is 1. The van der Waals surface area contributed by atoms with Crippen molar-refractivity contribution in [3.63, 3.8) is 0 Å². The molecule has 34 heavy (non-hydrogen) atoms. The average Bonchev–Trinajstić information content (AvgIpc) is 3.25. The number of piperidine rings is 1. The first-order valence-electron chi connectivity index (χ1n) is 11.4. The highest BCUT2D eigenvalue weighted by Crippen LogP contribution is 2.29. The van der Waals surface area contributed by atoms with Crippen molar-refractivity contribution in [2.24, 2.45) is 0 Å². The molecule has 3 N–H and O–H groups in total. The molecule has 5 rings (SSSR count). The van der Waals surface area contributed by atoms with Crippen LogP contribution in [0.15, 0.2) is 61.1 Å². The number of phenols is 1. The number of phenolic OH excluding ortho intramolecular Hbond substituents is 1. The van der Waals surface area contributed by atoms with Crippen LogP contribution >= 0.6 is 0 Å². The Morgan fingerprint density at radius 3 is 2.68 bits per heavy atom. The number of urea groups is 1. The summed E-state index contributed by atoms with van der Waals surface area (Å²) in [5, 5.41) is 20.3. The molecule has 0 radical (unpaired) electrons. The van der Waals surface area contributed by atoms with E-state index in [9.17, 15) is 9.90 Å². The average molecular weight is 455 g/mol. The fourth-order valence-corrected chi connectivity index (χ4v) is 4.25. The maximum atomic E-state index is 12.7. The Labute approximate surface area is 198 Å². The van der Waals surface area contributed by atoms with E-state index in [-0.39, 0.29) is 17.7 Å². The van der Waals surface area contributed by atoms with Crippen molar-refractivity contribution in [1.82, 2.24) is 24.5 Å². The zero-order chi connectivity index (χ0) is 23.5. The van der Waals surface area contributed by atoms with Crippen LogP contribution in [0.2, 0.25) is 0 Å². The molecule has 172 valence electrons. The number of fused-ring (bicyclic) bond motifs is 1. The minimum atomic E-state index is -0.127. The number of benzene rings is 1. The molecule has 1 saturated heterocycles. The van der Waals surface area contributed by atoms with E-state index in [2.05, 4.69) is 26.8 Å². The Morgan fingerprint density at radius 1 is 1.15 bits per heavy atom. The molecule has 9 nitrogen and oxygen atoms in total. The molecule has 4 heterocycles. The van der Waals surface area contributed by atoms with Crippen molar-refractivity contribution in [1.29, 1.82) is 0 Å². The fourth-order valence-electron chi connectivity index (χ4n) is 4.25. The number of aromatic hydroxyl groups is 1. The summed E-state index contributed by atoms with van der Waals surface area (Å²) in [7, 11) is 2.01. The van der Waals surface area contributed by atoms with Gasteiger partial charge in [0.05, 0.1) is 0 Å². The van der Waals surface area contributed by atoms with Gasteiger partial charge in [0.15, 0.2) is 5.65 Å². The second kappa shape index (κ2) is 9.42. The first-order chi connectivity index (χ1) is 16.6. The normalized spacial score (nSPS) is 14.3. The zero-order valence-corrected chi connectivity index (χ0v) is 19.0. The van der Waals surface area contributed by atoms with E-state index < -0.39 is 0 Å². The van der Waals surface area contributed by atoms with Gasteiger partial charge in [0, 0.05) is 61.6 Å². The van der Waals surface area contributed by atoms with Crippen molar-refractivity contribution < 1.29 is 9.90 Å². The molecule has 3 aromatic heterocycles. The van der Waals surface area contributed by atoms with Crippen molar-refractivity contribution in [2.75, 3.05) is 23.7 Å². The van der Waals surface area contributed by atoms with E-state index in [1.807, 2.05) is 41.8 Å². The lowest BCUT2D eigenvalue weighted by atomic mass is 9.93. The highest BCUT2D eigenvalue weighted by molar-refractivity contribution is 6.36. The minimum absolute atomic E-state index is 0.127. The number of hydrogen-bond donors (Lipinski definition) is 3. The van der Waals surface area contributed by atoms with Crippen LogP contribution in [0.25, 0.3) is 5.65 Å². The third kappa shape index (κ3) is 4.66. The topological polar surface area (TPSA) is 108 Å². The number of hydrogen-bond acceptors (Lipinski definition) is 6. The van der Waals surface area contributed by atoms with Gasteiger partial charge in [-0.3, -0.25) is 4.98 Å². The number of carbonyl (C=O) groups is 1. The van der Waals surface area contributed by atoms with Crippen LogP contribution in [-0.2, 0) is 6.54 Å². The van der Waals surface area contributed by atoms with Gasteiger partial charge in [0.2, 0.25) is 0 Å². The fraction of sp³-hybridized carbons (Fsp3) is 0.250. The summed E-state index contributed by atoms with van der Waals surface area (Å²) in [6.07, 6.45) is 7.11. The quantitative estimate of drug-likeness (QED) is 0.314. The summed E-state index contributed by atoms with van der Waals surface area (Å²) in [6, 6.07) is 12.4. The van der Waals surface area contributed by atoms with Gasteiger partial charge in [-0.05, 0) is 54.2 Å². The Kier molecular flexibility index (Phi) is 6.03. The molecule has 1 aromatic carbocycles. The second-order valence-corrected chi connectivity index (χ2v) is 8.58. The maximum absolute atomic E-state index is 12.7. The number of anilines is 2. The van der Waals surface area contributed by atoms with Crippen molar-refractivity contribution in [2.45, 2.75) is 25.3 Å². The molecular formula is C24H26BN7O2. The van der Waals surface area contributed by atoms with E-state index >= 15 is 0 Å². The summed E-state index contributed by atoms with van der Waals surface area (Å²) < 4.78 is 1.84. The van der Waals surface area contributed by atoms with Gasteiger partial charge in [0.1, 0.15) is 19.4 Å². The molecular weight excluding hydrogens is 429 g/mol. The summed E-state index contributed by atoms with van der Waals surface area (Å²) >= 11 is 0. The molecule has 0 spiro atoms. The summed E-state index contributed by atoms with van der Waals surface area (Å²) in [5.41, 5.74) is 4.64. The first kappa shape index (κ1) is 21.8. The number of amides is 2. The molecule has 10 heteroatoms. The van der Waals surface area contributed by atoms with Crippen LogP contribution in [0.5, 0.6) is 5.75 Å². The van der Waals surface area contributed by atoms with Gasteiger partial charge in [-0.15, -0.1) is 0 Å². The summed E-state index contributed by atoms with van der Waals surface area (Å²) in [5.74, 6) is 1.33. The second-order valence-electron chi connectivity index (χ2n) is 8.58. The third-order valence-electron chi connectivity index (χ3n) is 6.18. The lowest BCUT2D eigenvalue weighted by molar-refractivity contribution is 0.194. The van der Waals surface area contributed by atoms with Gasteiger partial charge in [-0.2, -0.15) is 9.61 Å². The van der Waals surface area contributed by atoms with Crippen molar-refractivity contribution >= 4 is 36.5 Å². The Balaban J connectivity index is 1.28. The van der Waals surface area contributed by atoms with Crippen molar-refractivity contribution in [3.8, 4) is 5.75 Å². The molecule has 1 aliphatic rings. The number of aromatic nitrogens is 4. The van der Waals surface area contributed by atoms with E-state index in [4.69, 9.17) is 4.98 Å². The molecule has 4 aromatic rings. The minimum Gasteiger partial charge on any atom is -0.508 e. The van der Waals surface area contributed by atoms with Crippen LogP contribution in [0.1, 0.15) is 30.0 Å². The lowest BCUT2D eigenvalue weighted by Gasteiger charge is -2.32.